The summed E-state index contributed by atoms with van der Waals surface area (Å²) in [5.41, 5.74) is 0. The zero-order valence-electron chi connectivity index (χ0n) is 10.2. The monoisotopic (exact) mass is 318 g/mol. The van der Waals surface area contributed by atoms with Gasteiger partial charge in [-0.2, -0.15) is 0 Å². The molecule has 0 aromatic carbocycles. The molecule has 0 aromatic rings. The second-order valence-electron chi connectivity index (χ2n) is 5.07. The summed E-state index contributed by atoms with van der Waals surface area (Å²) in [5, 5.41) is 0.00178. The van der Waals surface area contributed by atoms with E-state index >= 15 is 0 Å². The average molecular weight is 320 g/mol. The fraction of sp³-hybridized carbons (Fsp3) is 1.00. The molecule has 0 aromatic heterocycles. The van der Waals surface area contributed by atoms with Crippen LogP contribution in [0.2, 0.25) is 0 Å². The molecule has 1 aliphatic carbocycles. The minimum atomic E-state index is -1.21. The fourth-order valence-corrected chi connectivity index (χ4v) is 3.96. The third-order valence-electron chi connectivity index (χ3n) is 3.60. The van der Waals surface area contributed by atoms with E-state index in [0.717, 1.165) is 25.7 Å². The number of hydrogen-bond acceptors (Lipinski definition) is 0. The SMILES string of the molecule is ClC1CCCCCCCCCCC1C(Cl)(Cl)Cl. The summed E-state index contributed by atoms with van der Waals surface area (Å²) >= 11 is 24.5. The molecular weight excluding hydrogens is 298 g/mol. The molecule has 1 saturated carbocycles. The van der Waals surface area contributed by atoms with Gasteiger partial charge in [-0.25, -0.2) is 0 Å². The van der Waals surface area contributed by atoms with Crippen molar-refractivity contribution in [3.8, 4) is 0 Å². The maximum Gasteiger partial charge on any atom is 0.194 e. The van der Waals surface area contributed by atoms with Gasteiger partial charge in [-0.1, -0.05) is 86.2 Å². The van der Waals surface area contributed by atoms with E-state index in [9.17, 15) is 0 Å². The van der Waals surface area contributed by atoms with Gasteiger partial charge in [-0.05, 0) is 12.8 Å². The molecule has 0 bridgehead atoms. The minimum absolute atomic E-state index is 0.00178. The summed E-state index contributed by atoms with van der Waals surface area (Å²) < 4.78 is -1.21. The Morgan fingerprint density at radius 1 is 0.647 bits per heavy atom. The molecule has 0 aliphatic heterocycles. The van der Waals surface area contributed by atoms with Gasteiger partial charge in [0.25, 0.3) is 0 Å². The topological polar surface area (TPSA) is 0 Å². The van der Waals surface area contributed by atoms with Crippen molar-refractivity contribution >= 4 is 46.4 Å². The van der Waals surface area contributed by atoms with Crippen LogP contribution in [-0.4, -0.2) is 9.17 Å². The van der Waals surface area contributed by atoms with Crippen molar-refractivity contribution in [1.82, 2.24) is 0 Å². The van der Waals surface area contributed by atoms with Crippen molar-refractivity contribution in [2.75, 3.05) is 0 Å². The van der Waals surface area contributed by atoms with Crippen LogP contribution in [0.3, 0.4) is 0 Å². The molecule has 17 heavy (non-hydrogen) atoms. The lowest BCUT2D eigenvalue weighted by Crippen LogP contribution is -2.28. The zero-order chi connectivity index (χ0) is 12.7. The molecule has 0 nitrogen and oxygen atoms in total. The molecular formula is C13H22Cl4. The average Bonchev–Trinajstić information content (AvgIpc) is 2.21. The number of alkyl halides is 4. The van der Waals surface area contributed by atoms with Crippen molar-refractivity contribution in [3.63, 3.8) is 0 Å². The largest absolute Gasteiger partial charge is 0.194 e. The summed E-state index contributed by atoms with van der Waals surface area (Å²) in [6, 6.07) is 0. The highest BCUT2D eigenvalue weighted by atomic mass is 35.6. The van der Waals surface area contributed by atoms with Crippen LogP contribution in [0.1, 0.15) is 64.2 Å². The second kappa shape index (κ2) is 8.35. The normalized spacial score (nSPS) is 30.4. The molecule has 0 heterocycles. The zero-order valence-corrected chi connectivity index (χ0v) is 13.3. The Morgan fingerprint density at radius 3 is 1.53 bits per heavy atom. The minimum Gasteiger partial charge on any atom is -0.123 e. The van der Waals surface area contributed by atoms with Gasteiger partial charge in [0.05, 0.1) is 0 Å². The van der Waals surface area contributed by atoms with Gasteiger partial charge >= 0.3 is 0 Å². The Kier molecular flexibility index (Phi) is 7.97. The summed E-state index contributed by atoms with van der Waals surface area (Å²) in [7, 11) is 0. The lowest BCUT2D eigenvalue weighted by atomic mass is 9.93. The Balaban J connectivity index is 2.51. The maximum absolute atomic E-state index is 6.41. The Labute approximate surface area is 125 Å². The molecule has 0 saturated heterocycles. The van der Waals surface area contributed by atoms with Crippen LogP contribution in [0, 0.1) is 5.92 Å². The van der Waals surface area contributed by atoms with Gasteiger partial charge < -0.3 is 0 Å². The fourth-order valence-electron chi connectivity index (χ4n) is 2.52. The molecule has 102 valence electrons. The molecule has 4 heteroatoms. The lowest BCUT2D eigenvalue weighted by Gasteiger charge is -2.29. The van der Waals surface area contributed by atoms with Gasteiger partial charge in [-0.15, -0.1) is 11.6 Å². The number of rotatable bonds is 0. The lowest BCUT2D eigenvalue weighted by molar-refractivity contribution is 0.405. The summed E-state index contributed by atoms with van der Waals surface area (Å²) in [6.07, 6.45) is 12.0. The summed E-state index contributed by atoms with van der Waals surface area (Å²) in [6.45, 7) is 0. The Morgan fingerprint density at radius 2 is 1.06 bits per heavy atom. The first-order valence-electron chi connectivity index (χ1n) is 6.72. The van der Waals surface area contributed by atoms with Crippen molar-refractivity contribution in [1.29, 1.82) is 0 Å². The first kappa shape index (κ1) is 16.2. The quantitative estimate of drug-likeness (QED) is 0.447. The van der Waals surface area contributed by atoms with E-state index < -0.39 is 3.79 Å². The van der Waals surface area contributed by atoms with E-state index in [2.05, 4.69) is 0 Å². The third kappa shape index (κ3) is 6.76. The second-order valence-corrected chi connectivity index (χ2v) is 8.00. The van der Waals surface area contributed by atoms with Crippen molar-refractivity contribution in [3.05, 3.63) is 0 Å². The molecule has 2 atom stereocenters. The molecule has 2 unspecified atom stereocenters. The molecule has 0 N–H and O–H groups in total. The van der Waals surface area contributed by atoms with Crippen LogP contribution in [0.25, 0.3) is 0 Å². The van der Waals surface area contributed by atoms with E-state index in [4.69, 9.17) is 46.4 Å². The molecule has 1 fully saturated rings. The standard InChI is InChI=1S/C13H22Cl4/c14-12-10-8-6-4-2-1-3-5-7-9-11(12)13(15,16)17/h11-12H,1-10H2. The number of halogens is 4. The highest BCUT2D eigenvalue weighted by Crippen LogP contribution is 2.43. The molecule has 0 radical (unpaired) electrons. The van der Waals surface area contributed by atoms with Crippen LogP contribution >= 0.6 is 46.4 Å². The van der Waals surface area contributed by atoms with Crippen LogP contribution in [0.5, 0.6) is 0 Å². The van der Waals surface area contributed by atoms with E-state index in [-0.39, 0.29) is 11.3 Å². The van der Waals surface area contributed by atoms with Crippen molar-refractivity contribution in [2.45, 2.75) is 73.4 Å². The van der Waals surface area contributed by atoms with Gasteiger partial charge in [0.2, 0.25) is 0 Å². The summed E-state index contributed by atoms with van der Waals surface area (Å²) in [4.78, 5) is 0. The summed E-state index contributed by atoms with van der Waals surface area (Å²) in [5.74, 6) is -0.00593. The van der Waals surface area contributed by atoms with Gasteiger partial charge in [0.1, 0.15) is 0 Å². The first-order valence-corrected chi connectivity index (χ1v) is 8.29. The van der Waals surface area contributed by atoms with E-state index in [1.165, 1.54) is 38.5 Å². The molecule has 1 aliphatic rings. The van der Waals surface area contributed by atoms with E-state index in [1.807, 2.05) is 0 Å². The van der Waals surface area contributed by atoms with Crippen molar-refractivity contribution < 1.29 is 0 Å². The van der Waals surface area contributed by atoms with Crippen molar-refractivity contribution in [2.24, 2.45) is 5.92 Å². The van der Waals surface area contributed by atoms with E-state index in [0.29, 0.717) is 0 Å². The molecule has 0 amide bonds. The Bertz CT molecular complexity index is 200. The first-order chi connectivity index (χ1) is 8.02. The molecule has 1 rings (SSSR count). The predicted molar refractivity (Wildman–Crippen MR) is 79.6 cm³/mol. The highest BCUT2D eigenvalue weighted by molar-refractivity contribution is 6.67. The Hall–Kier alpha value is 1.16. The van der Waals surface area contributed by atoms with Crippen LogP contribution in [0.4, 0.5) is 0 Å². The predicted octanol–water partition coefficient (Wildman–Crippen LogP) is 6.49. The van der Waals surface area contributed by atoms with Crippen LogP contribution in [-0.2, 0) is 0 Å². The van der Waals surface area contributed by atoms with Gasteiger partial charge in [0, 0.05) is 11.3 Å². The van der Waals surface area contributed by atoms with Crippen LogP contribution in [0.15, 0.2) is 0 Å². The maximum atomic E-state index is 6.41. The molecule has 0 spiro atoms. The smallest absolute Gasteiger partial charge is 0.123 e. The number of hydrogen-bond donors (Lipinski definition) is 0. The third-order valence-corrected chi connectivity index (χ3v) is 4.97. The van der Waals surface area contributed by atoms with E-state index in [1.54, 1.807) is 0 Å². The van der Waals surface area contributed by atoms with Gasteiger partial charge in [0.15, 0.2) is 3.79 Å². The van der Waals surface area contributed by atoms with Gasteiger partial charge in [-0.3, -0.25) is 0 Å². The van der Waals surface area contributed by atoms with Crippen LogP contribution < -0.4 is 0 Å². The highest BCUT2D eigenvalue weighted by Gasteiger charge is 2.36.